The molecule has 0 aliphatic rings. The topological polar surface area (TPSA) is 37.8 Å². The van der Waals surface area contributed by atoms with Crippen LogP contribution in [0.4, 0.5) is 5.82 Å². The van der Waals surface area contributed by atoms with E-state index in [-0.39, 0.29) is 0 Å². The highest BCUT2D eigenvalue weighted by molar-refractivity contribution is 7.99. The quantitative estimate of drug-likeness (QED) is 0.611. The fraction of sp³-hybridized carbons (Fsp3) is 0.667. The lowest BCUT2D eigenvalue weighted by atomic mass is 10.3. The molecule has 0 unspecified atom stereocenters. The van der Waals surface area contributed by atoms with E-state index in [0.29, 0.717) is 5.92 Å². The van der Waals surface area contributed by atoms with Crippen LogP contribution in [-0.4, -0.2) is 22.8 Å². The summed E-state index contributed by atoms with van der Waals surface area (Å²) < 4.78 is 0. The molecule has 90 valence electrons. The first-order valence-corrected chi connectivity index (χ1v) is 6.82. The molecule has 0 atom stereocenters. The minimum atomic E-state index is 0.688. The molecule has 1 rings (SSSR count). The molecule has 0 saturated heterocycles. The molecular weight excluding hydrogens is 218 g/mol. The molecule has 1 heterocycles. The van der Waals surface area contributed by atoms with Gasteiger partial charge in [0.2, 0.25) is 0 Å². The van der Waals surface area contributed by atoms with Gasteiger partial charge in [-0.25, -0.2) is 9.97 Å². The first-order valence-electron chi connectivity index (χ1n) is 5.84. The summed E-state index contributed by atoms with van der Waals surface area (Å²) in [5, 5.41) is 4.17. The third kappa shape index (κ3) is 4.39. The van der Waals surface area contributed by atoms with Crippen LogP contribution in [0.2, 0.25) is 0 Å². The van der Waals surface area contributed by atoms with Gasteiger partial charge in [0, 0.05) is 25.3 Å². The maximum Gasteiger partial charge on any atom is 0.132 e. The number of aromatic nitrogens is 2. The molecule has 1 aromatic rings. The summed E-state index contributed by atoms with van der Waals surface area (Å²) in [5.41, 5.74) is 0. The lowest BCUT2D eigenvalue weighted by Crippen LogP contribution is -2.02. The molecule has 0 bridgehead atoms. The van der Waals surface area contributed by atoms with Gasteiger partial charge in [-0.15, -0.1) is 11.8 Å². The maximum atomic E-state index is 4.55. The van der Waals surface area contributed by atoms with Gasteiger partial charge in [-0.3, -0.25) is 0 Å². The van der Waals surface area contributed by atoms with Gasteiger partial charge < -0.3 is 5.32 Å². The lowest BCUT2D eigenvalue weighted by Gasteiger charge is -2.08. The molecule has 0 spiro atoms. The predicted octanol–water partition coefficient (Wildman–Crippen LogP) is 3.22. The third-order valence-electron chi connectivity index (χ3n) is 2.04. The molecule has 4 heteroatoms. The molecule has 0 radical (unpaired) electrons. The number of aryl methyl sites for hydroxylation is 1. The van der Waals surface area contributed by atoms with E-state index in [2.05, 4.69) is 36.1 Å². The largest absolute Gasteiger partial charge is 0.373 e. The van der Waals surface area contributed by atoms with Crippen molar-refractivity contribution in [2.45, 2.75) is 38.6 Å². The first kappa shape index (κ1) is 13.3. The van der Waals surface area contributed by atoms with Crippen molar-refractivity contribution in [2.75, 3.05) is 18.1 Å². The Bertz CT molecular complexity index is 326. The highest BCUT2D eigenvalue weighted by Gasteiger charge is 2.04. The number of hydrogen-bond donors (Lipinski definition) is 1. The number of nitrogens with zero attached hydrogens (tertiary/aromatic N) is 2. The summed E-state index contributed by atoms with van der Waals surface area (Å²) in [7, 11) is 1.90. The van der Waals surface area contributed by atoms with Crippen molar-refractivity contribution < 1.29 is 0 Å². The minimum Gasteiger partial charge on any atom is -0.373 e. The molecule has 0 amide bonds. The van der Waals surface area contributed by atoms with Crippen molar-refractivity contribution in [2.24, 2.45) is 5.92 Å². The Labute approximate surface area is 102 Å². The van der Waals surface area contributed by atoms with Gasteiger partial charge in [0.05, 0.1) is 0 Å². The van der Waals surface area contributed by atoms with Crippen LogP contribution in [-0.2, 0) is 6.42 Å². The van der Waals surface area contributed by atoms with Crippen LogP contribution >= 0.6 is 11.8 Å². The van der Waals surface area contributed by atoms with Gasteiger partial charge in [0.25, 0.3) is 0 Å². The second-order valence-corrected chi connectivity index (χ2v) is 5.25. The Morgan fingerprint density at radius 1 is 1.38 bits per heavy atom. The number of anilines is 1. The minimum absolute atomic E-state index is 0.688. The summed E-state index contributed by atoms with van der Waals surface area (Å²) in [5.74, 6) is 3.66. The molecule has 0 fully saturated rings. The summed E-state index contributed by atoms with van der Waals surface area (Å²) in [6.07, 6.45) is 2.03. The van der Waals surface area contributed by atoms with Crippen molar-refractivity contribution in [3.8, 4) is 0 Å². The van der Waals surface area contributed by atoms with Gasteiger partial charge in [-0.1, -0.05) is 20.8 Å². The zero-order valence-corrected chi connectivity index (χ0v) is 11.4. The second-order valence-electron chi connectivity index (χ2n) is 4.21. The van der Waals surface area contributed by atoms with Crippen LogP contribution in [0.5, 0.6) is 0 Å². The van der Waals surface area contributed by atoms with Gasteiger partial charge in [0.1, 0.15) is 16.7 Å². The molecule has 0 saturated carbocycles. The van der Waals surface area contributed by atoms with E-state index < -0.39 is 0 Å². The zero-order valence-electron chi connectivity index (χ0n) is 10.6. The average molecular weight is 239 g/mol. The SMILES string of the molecule is CCCc1nc(NC)cc(SCC(C)C)n1. The van der Waals surface area contributed by atoms with Crippen LogP contribution in [0.3, 0.4) is 0 Å². The number of thioether (sulfide) groups is 1. The Morgan fingerprint density at radius 2 is 2.12 bits per heavy atom. The molecule has 1 N–H and O–H groups in total. The van der Waals surface area contributed by atoms with Crippen LogP contribution in [0.15, 0.2) is 11.1 Å². The fourth-order valence-electron chi connectivity index (χ4n) is 1.26. The zero-order chi connectivity index (χ0) is 12.0. The van der Waals surface area contributed by atoms with Gasteiger partial charge >= 0.3 is 0 Å². The van der Waals surface area contributed by atoms with Crippen LogP contribution in [0, 0.1) is 5.92 Å². The van der Waals surface area contributed by atoms with Crippen molar-refractivity contribution in [3.05, 3.63) is 11.9 Å². The Hall–Kier alpha value is -0.770. The number of nitrogens with one attached hydrogen (secondary N) is 1. The van der Waals surface area contributed by atoms with E-state index in [1.54, 1.807) is 11.8 Å². The predicted molar refractivity (Wildman–Crippen MR) is 71.1 cm³/mol. The summed E-state index contributed by atoms with van der Waals surface area (Å²) in [4.78, 5) is 8.99. The van der Waals surface area contributed by atoms with Crippen molar-refractivity contribution >= 4 is 17.6 Å². The first-order chi connectivity index (χ1) is 7.65. The van der Waals surface area contributed by atoms with Crippen molar-refractivity contribution in [3.63, 3.8) is 0 Å². The van der Waals surface area contributed by atoms with Gasteiger partial charge in [0.15, 0.2) is 0 Å². The van der Waals surface area contributed by atoms with E-state index in [0.717, 1.165) is 35.3 Å². The molecule has 3 nitrogen and oxygen atoms in total. The lowest BCUT2D eigenvalue weighted by molar-refractivity contribution is 0.747. The fourth-order valence-corrected chi connectivity index (χ4v) is 2.13. The molecule has 0 aromatic carbocycles. The second kappa shape index (κ2) is 6.74. The molecular formula is C12H21N3S. The maximum absolute atomic E-state index is 4.55. The van der Waals surface area contributed by atoms with Crippen molar-refractivity contribution in [1.82, 2.24) is 9.97 Å². The monoisotopic (exact) mass is 239 g/mol. The highest BCUT2D eigenvalue weighted by Crippen LogP contribution is 2.21. The van der Waals surface area contributed by atoms with Crippen LogP contribution in [0.25, 0.3) is 0 Å². The molecule has 1 aromatic heterocycles. The summed E-state index contributed by atoms with van der Waals surface area (Å²) >= 11 is 1.81. The highest BCUT2D eigenvalue weighted by atomic mass is 32.2. The van der Waals surface area contributed by atoms with E-state index in [9.17, 15) is 0 Å². The van der Waals surface area contributed by atoms with Crippen LogP contribution < -0.4 is 5.32 Å². The molecule has 0 aliphatic carbocycles. The Kier molecular flexibility index (Phi) is 5.60. The average Bonchev–Trinajstić information content (AvgIpc) is 2.26. The van der Waals surface area contributed by atoms with Gasteiger partial charge in [-0.2, -0.15) is 0 Å². The summed E-state index contributed by atoms with van der Waals surface area (Å²) in [6.45, 7) is 6.59. The van der Waals surface area contributed by atoms with E-state index in [1.165, 1.54) is 0 Å². The van der Waals surface area contributed by atoms with E-state index >= 15 is 0 Å². The number of hydrogen-bond acceptors (Lipinski definition) is 4. The normalized spacial score (nSPS) is 10.8. The Morgan fingerprint density at radius 3 is 2.69 bits per heavy atom. The smallest absolute Gasteiger partial charge is 0.132 e. The standard InChI is InChI=1S/C12H21N3S/c1-5-6-10-14-11(13-4)7-12(15-10)16-8-9(2)3/h7,9H,5-6,8H2,1-4H3,(H,13,14,15). The van der Waals surface area contributed by atoms with Crippen molar-refractivity contribution in [1.29, 1.82) is 0 Å². The third-order valence-corrected chi connectivity index (χ3v) is 3.38. The van der Waals surface area contributed by atoms with E-state index in [4.69, 9.17) is 0 Å². The van der Waals surface area contributed by atoms with Crippen LogP contribution in [0.1, 0.15) is 33.0 Å². The Balaban J connectivity index is 2.77. The summed E-state index contributed by atoms with van der Waals surface area (Å²) in [6, 6.07) is 2.02. The van der Waals surface area contributed by atoms with Gasteiger partial charge in [-0.05, 0) is 12.3 Å². The van der Waals surface area contributed by atoms with E-state index in [1.807, 2.05) is 13.1 Å². The molecule has 16 heavy (non-hydrogen) atoms. The number of rotatable bonds is 6. The molecule has 0 aliphatic heterocycles.